The highest BCUT2D eigenvalue weighted by Gasteiger charge is 2.17. The summed E-state index contributed by atoms with van der Waals surface area (Å²) in [5.74, 6) is 0.0862. The molecule has 0 aromatic heterocycles. The topological polar surface area (TPSA) is 65.0 Å². The molecule has 0 bridgehead atoms. The van der Waals surface area contributed by atoms with Gasteiger partial charge in [0.2, 0.25) is 5.91 Å². The third kappa shape index (κ3) is 4.73. The van der Waals surface area contributed by atoms with Crippen molar-refractivity contribution in [3.05, 3.63) is 35.4 Å². The molecule has 0 saturated carbocycles. The van der Waals surface area contributed by atoms with Gasteiger partial charge in [-0.05, 0) is 30.9 Å². The minimum absolute atomic E-state index is 0.0686. The number of guanidine groups is 1. The maximum absolute atomic E-state index is 12.1. The molecular formula is C15H23N3O. The minimum atomic E-state index is -0.262. The largest absolute Gasteiger partial charge is 0.356 e. The first-order valence-corrected chi connectivity index (χ1v) is 6.60. The smallest absolute Gasteiger partial charge is 0.233 e. The third-order valence-electron chi connectivity index (χ3n) is 2.98. The highest BCUT2D eigenvalue weighted by molar-refractivity contribution is 5.98. The van der Waals surface area contributed by atoms with Gasteiger partial charge in [0.05, 0.1) is 5.92 Å². The van der Waals surface area contributed by atoms with Gasteiger partial charge in [-0.15, -0.1) is 0 Å². The lowest BCUT2D eigenvalue weighted by atomic mass is 9.96. The second-order valence-electron chi connectivity index (χ2n) is 5.22. The summed E-state index contributed by atoms with van der Waals surface area (Å²) in [5.41, 5.74) is 2.09. The van der Waals surface area contributed by atoms with Gasteiger partial charge in [0, 0.05) is 6.54 Å². The van der Waals surface area contributed by atoms with Gasteiger partial charge in [0.15, 0.2) is 5.96 Å². The molecule has 4 nitrogen and oxygen atoms in total. The van der Waals surface area contributed by atoms with Crippen molar-refractivity contribution in [2.45, 2.75) is 33.6 Å². The molecule has 4 heteroatoms. The zero-order valence-electron chi connectivity index (χ0n) is 12.1. The van der Waals surface area contributed by atoms with Crippen molar-refractivity contribution in [1.29, 1.82) is 5.41 Å². The van der Waals surface area contributed by atoms with Gasteiger partial charge in [-0.3, -0.25) is 15.5 Å². The van der Waals surface area contributed by atoms with Crippen LogP contribution in [0.15, 0.2) is 24.3 Å². The highest BCUT2D eigenvalue weighted by Crippen LogP contribution is 2.18. The zero-order chi connectivity index (χ0) is 14.4. The monoisotopic (exact) mass is 261 g/mol. The Bertz CT molecular complexity index is 454. The van der Waals surface area contributed by atoms with Crippen LogP contribution < -0.4 is 10.6 Å². The number of amides is 1. The van der Waals surface area contributed by atoms with Crippen LogP contribution in [0.4, 0.5) is 0 Å². The molecule has 0 aliphatic heterocycles. The van der Waals surface area contributed by atoms with Gasteiger partial charge in [0.25, 0.3) is 0 Å². The molecule has 0 aliphatic rings. The molecule has 0 spiro atoms. The van der Waals surface area contributed by atoms with Gasteiger partial charge >= 0.3 is 0 Å². The molecule has 0 aliphatic carbocycles. The van der Waals surface area contributed by atoms with Crippen LogP contribution in [0.25, 0.3) is 0 Å². The Morgan fingerprint density at radius 3 is 2.47 bits per heavy atom. The van der Waals surface area contributed by atoms with E-state index in [1.807, 2.05) is 38.1 Å². The maximum atomic E-state index is 12.1. The van der Waals surface area contributed by atoms with Crippen molar-refractivity contribution < 1.29 is 4.79 Å². The summed E-state index contributed by atoms with van der Waals surface area (Å²) in [6, 6.07) is 7.82. The summed E-state index contributed by atoms with van der Waals surface area (Å²) in [4.78, 5) is 12.1. The predicted octanol–water partition coefficient (Wildman–Crippen LogP) is 2.40. The lowest BCUT2D eigenvalue weighted by Gasteiger charge is -2.16. The Balaban J connectivity index is 2.59. The van der Waals surface area contributed by atoms with Crippen LogP contribution in [0.1, 0.15) is 37.8 Å². The fourth-order valence-electron chi connectivity index (χ4n) is 1.80. The summed E-state index contributed by atoms with van der Waals surface area (Å²) < 4.78 is 0. The summed E-state index contributed by atoms with van der Waals surface area (Å²) in [5, 5.41) is 13.2. The van der Waals surface area contributed by atoms with E-state index in [1.165, 1.54) is 0 Å². The number of aryl methyl sites for hydroxylation is 1. The lowest BCUT2D eigenvalue weighted by Crippen LogP contribution is -2.43. The van der Waals surface area contributed by atoms with Crippen molar-refractivity contribution in [2.75, 3.05) is 6.54 Å². The van der Waals surface area contributed by atoms with E-state index >= 15 is 0 Å². The maximum Gasteiger partial charge on any atom is 0.233 e. The molecule has 1 atom stereocenters. The second-order valence-corrected chi connectivity index (χ2v) is 5.22. The van der Waals surface area contributed by atoms with E-state index in [1.54, 1.807) is 0 Å². The molecule has 1 unspecified atom stereocenters. The highest BCUT2D eigenvalue weighted by atomic mass is 16.2. The number of rotatable bonds is 4. The summed E-state index contributed by atoms with van der Waals surface area (Å²) in [7, 11) is 0. The molecule has 3 N–H and O–H groups in total. The Morgan fingerprint density at radius 2 is 1.89 bits per heavy atom. The zero-order valence-corrected chi connectivity index (χ0v) is 12.1. The Hall–Kier alpha value is -1.84. The van der Waals surface area contributed by atoms with Crippen molar-refractivity contribution in [2.24, 2.45) is 5.92 Å². The molecule has 1 amide bonds. The normalized spacial score (nSPS) is 12.1. The van der Waals surface area contributed by atoms with Crippen LogP contribution in [0.5, 0.6) is 0 Å². The van der Waals surface area contributed by atoms with Crippen LogP contribution in [0, 0.1) is 18.3 Å². The standard InChI is InChI=1S/C15H23N3O/c1-10(2)9-17-15(16)18-14(19)12(4)13-8-6-5-7-11(13)3/h5-8,10,12H,9H2,1-4H3,(H3,16,17,18,19). The van der Waals surface area contributed by atoms with Crippen molar-refractivity contribution in [3.63, 3.8) is 0 Å². The van der Waals surface area contributed by atoms with Crippen molar-refractivity contribution in [3.8, 4) is 0 Å². The Kier molecular flexibility index (Phi) is 5.55. The average Bonchev–Trinajstić information content (AvgIpc) is 2.36. The van der Waals surface area contributed by atoms with E-state index in [2.05, 4.69) is 24.5 Å². The first-order valence-electron chi connectivity index (χ1n) is 6.60. The van der Waals surface area contributed by atoms with Crippen LogP contribution in [-0.2, 0) is 4.79 Å². The number of carbonyl (C=O) groups excluding carboxylic acids is 1. The van der Waals surface area contributed by atoms with Crippen molar-refractivity contribution in [1.82, 2.24) is 10.6 Å². The lowest BCUT2D eigenvalue weighted by molar-refractivity contribution is -0.120. The van der Waals surface area contributed by atoms with Crippen LogP contribution in [0.3, 0.4) is 0 Å². The van der Waals surface area contributed by atoms with Crippen LogP contribution in [0.2, 0.25) is 0 Å². The first kappa shape index (κ1) is 15.2. The summed E-state index contributed by atoms with van der Waals surface area (Å²) in [6.07, 6.45) is 0. The number of carbonyl (C=O) groups is 1. The van der Waals surface area contributed by atoms with Crippen LogP contribution in [-0.4, -0.2) is 18.4 Å². The van der Waals surface area contributed by atoms with Gasteiger partial charge in [0.1, 0.15) is 0 Å². The third-order valence-corrected chi connectivity index (χ3v) is 2.98. The number of benzene rings is 1. The predicted molar refractivity (Wildman–Crippen MR) is 78.3 cm³/mol. The van der Waals surface area contributed by atoms with Gasteiger partial charge in [-0.25, -0.2) is 0 Å². The van der Waals surface area contributed by atoms with Crippen LogP contribution >= 0.6 is 0 Å². The van der Waals surface area contributed by atoms with E-state index in [0.717, 1.165) is 11.1 Å². The molecule has 1 aromatic carbocycles. The molecular weight excluding hydrogens is 238 g/mol. The molecule has 104 valence electrons. The Labute approximate surface area is 115 Å². The van der Waals surface area contributed by atoms with E-state index in [0.29, 0.717) is 12.5 Å². The van der Waals surface area contributed by atoms with Gasteiger partial charge in [-0.2, -0.15) is 0 Å². The van der Waals surface area contributed by atoms with Crippen molar-refractivity contribution >= 4 is 11.9 Å². The molecule has 1 rings (SSSR count). The molecule has 0 saturated heterocycles. The molecule has 0 radical (unpaired) electrons. The van der Waals surface area contributed by atoms with E-state index in [-0.39, 0.29) is 17.8 Å². The summed E-state index contributed by atoms with van der Waals surface area (Å²) in [6.45, 7) is 8.63. The first-order chi connectivity index (χ1) is 8.91. The Morgan fingerprint density at radius 1 is 1.26 bits per heavy atom. The average molecular weight is 261 g/mol. The number of hydrogen-bond acceptors (Lipinski definition) is 2. The minimum Gasteiger partial charge on any atom is -0.356 e. The SMILES string of the molecule is Cc1ccccc1C(C)C(=O)NC(=N)NCC(C)C. The van der Waals surface area contributed by atoms with E-state index < -0.39 is 0 Å². The quantitative estimate of drug-likeness (QED) is 0.575. The molecule has 0 heterocycles. The number of nitrogens with one attached hydrogen (secondary N) is 3. The fraction of sp³-hybridized carbons (Fsp3) is 0.467. The summed E-state index contributed by atoms with van der Waals surface area (Å²) >= 11 is 0. The molecule has 0 fully saturated rings. The number of hydrogen-bond donors (Lipinski definition) is 3. The second kappa shape index (κ2) is 6.92. The van der Waals surface area contributed by atoms with E-state index in [4.69, 9.17) is 5.41 Å². The molecule has 19 heavy (non-hydrogen) atoms. The fourth-order valence-corrected chi connectivity index (χ4v) is 1.80. The van der Waals surface area contributed by atoms with Gasteiger partial charge < -0.3 is 5.32 Å². The van der Waals surface area contributed by atoms with E-state index in [9.17, 15) is 4.79 Å². The molecule has 1 aromatic rings. The van der Waals surface area contributed by atoms with Gasteiger partial charge in [-0.1, -0.05) is 38.1 Å².